The first-order chi connectivity index (χ1) is 8.16. The monoisotopic (exact) mass is 275 g/mol. The highest BCUT2D eigenvalue weighted by Gasteiger charge is 2.18. The van der Waals surface area contributed by atoms with Gasteiger partial charge in [-0.2, -0.15) is 0 Å². The van der Waals surface area contributed by atoms with Gasteiger partial charge in [0.1, 0.15) is 5.82 Å². The highest BCUT2D eigenvalue weighted by molar-refractivity contribution is 7.85. The average Bonchev–Trinajstić information content (AvgIpc) is 2.31. The van der Waals surface area contributed by atoms with Crippen LogP contribution in [0.3, 0.4) is 0 Å². The second kappa shape index (κ2) is 5.94. The predicted molar refractivity (Wildman–Crippen MR) is 69.1 cm³/mol. The molecule has 1 aliphatic rings. The topological polar surface area (TPSA) is 29.1 Å². The molecule has 2 rings (SSSR count). The highest BCUT2D eigenvalue weighted by Crippen LogP contribution is 2.19. The van der Waals surface area contributed by atoms with Crippen LogP contribution in [0.25, 0.3) is 0 Å². The molecule has 0 saturated carbocycles. The number of halogens is 2. The molecule has 1 saturated heterocycles. The second-order valence-electron chi connectivity index (χ2n) is 4.20. The summed E-state index contributed by atoms with van der Waals surface area (Å²) in [5.41, 5.74) is 0.515. The Bertz CT molecular complexity index is 397. The maximum absolute atomic E-state index is 13.5. The van der Waals surface area contributed by atoms with Gasteiger partial charge in [0, 0.05) is 45.5 Å². The number of rotatable bonds is 3. The summed E-state index contributed by atoms with van der Waals surface area (Å²) >= 11 is 5.94. The average molecular weight is 276 g/mol. The standard InChI is InChI=1S/C12H15ClFNOS/c13-11-2-1-3-12(14)10(11)8-15-9-4-6-17(16)7-5-9/h1-3,9,15H,4-8H2. The summed E-state index contributed by atoms with van der Waals surface area (Å²) in [4.78, 5) is 0. The maximum Gasteiger partial charge on any atom is 0.129 e. The third-order valence-electron chi connectivity index (χ3n) is 3.02. The van der Waals surface area contributed by atoms with Crippen LogP contribution in [0.5, 0.6) is 0 Å². The van der Waals surface area contributed by atoms with Gasteiger partial charge >= 0.3 is 0 Å². The summed E-state index contributed by atoms with van der Waals surface area (Å²) in [6, 6.07) is 5.03. The van der Waals surface area contributed by atoms with Crippen molar-refractivity contribution in [1.29, 1.82) is 0 Å². The molecule has 1 aromatic carbocycles. The van der Waals surface area contributed by atoms with Gasteiger partial charge in [-0.1, -0.05) is 17.7 Å². The Hall–Kier alpha value is -0.450. The smallest absolute Gasteiger partial charge is 0.129 e. The van der Waals surface area contributed by atoms with E-state index < -0.39 is 10.8 Å². The molecule has 94 valence electrons. The van der Waals surface area contributed by atoms with Crippen LogP contribution in [0.2, 0.25) is 5.02 Å². The molecule has 0 amide bonds. The Morgan fingerprint density at radius 1 is 1.41 bits per heavy atom. The molecule has 0 radical (unpaired) electrons. The Kier molecular flexibility index (Phi) is 4.54. The molecule has 1 N–H and O–H groups in total. The molecule has 2 nitrogen and oxygen atoms in total. The minimum Gasteiger partial charge on any atom is -0.310 e. The van der Waals surface area contributed by atoms with Gasteiger partial charge < -0.3 is 5.32 Å². The lowest BCUT2D eigenvalue weighted by atomic mass is 10.1. The minimum atomic E-state index is -0.658. The van der Waals surface area contributed by atoms with Crippen LogP contribution >= 0.6 is 11.6 Å². The SMILES string of the molecule is O=S1CCC(NCc2c(F)cccc2Cl)CC1. The Balaban J connectivity index is 1.91. The quantitative estimate of drug-likeness (QED) is 0.918. The summed E-state index contributed by atoms with van der Waals surface area (Å²) in [7, 11) is -0.658. The third-order valence-corrected chi connectivity index (χ3v) is 4.75. The molecule has 0 unspecified atom stereocenters. The van der Waals surface area contributed by atoms with Crippen molar-refractivity contribution >= 4 is 22.4 Å². The van der Waals surface area contributed by atoms with Gasteiger partial charge in [-0.25, -0.2) is 4.39 Å². The van der Waals surface area contributed by atoms with Crippen LogP contribution < -0.4 is 5.32 Å². The van der Waals surface area contributed by atoms with Crippen LogP contribution in [0.1, 0.15) is 18.4 Å². The number of hydrogen-bond donors (Lipinski definition) is 1. The van der Waals surface area contributed by atoms with Crippen molar-refractivity contribution in [2.45, 2.75) is 25.4 Å². The fourth-order valence-corrected chi connectivity index (χ4v) is 3.47. The Labute approximate surface area is 108 Å². The van der Waals surface area contributed by atoms with Gasteiger partial charge in [0.2, 0.25) is 0 Å². The van der Waals surface area contributed by atoms with E-state index in [-0.39, 0.29) is 5.82 Å². The molecular formula is C12H15ClFNOS. The van der Waals surface area contributed by atoms with Crippen molar-refractivity contribution in [3.63, 3.8) is 0 Å². The summed E-state index contributed by atoms with van der Waals surface area (Å²) in [6.45, 7) is 0.433. The normalized spacial score (nSPS) is 24.8. The van der Waals surface area contributed by atoms with E-state index in [1.54, 1.807) is 12.1 Å². The summed E-state index contributed by atoms with van der Waals surface area (Å²) < 4.78 is 24.7. The summed E-state index contributed by atoms with van der Waals surface area (Å²) in [5, 5.41) is 3.74. The lowest BCUT2D eigenvalue weighted by molar-refractivity contribution is 0.467. The molecule has 0 aliphatic carbocycles. The number of hydrogen-bond acceptors (Lipinski definition) is 2. The van der Waals surface area contributed by atoms with E-state index in [1.807, 2.05) is 0 Å². The van der Waals surface area contributed by atoms with E-state index in [9.17, 15) is 8.60 Å². The number of benzene rings is 1. The van der Waals surface area contributed by atoms with E-state index in [2.05, 4.69) is 5.32 Å². The van der Waals surface area contributed by atoms with Crippen molar-refractivity contribution in [2.24, 2.45) is 0 Å². The molecule has 5 heteroatoms. The zero-order valence-corrected chi connectivity index (χ0v) is 11.0. The molecule has 1 heterocycles. The van der Waals surface area contributed by atoms with Crippen LogP contribution in [0, 0.1) is 5.82 Å². The van der Waals surface area contributed by atoms with Crippen molar-refractivity contribution in [3.8, 4) is 0 Å². The molecule has 0 atom stereocenters. The van der Waals surface area contributed by atoms with Gasteiger partial charge in [-0.3, -0.25) is 4.21 Å². The molecule has 0 spiro atoms. The number of nitrogens with one attached hydrogen (secondary N) is 1. The van der Waals surface area contributed by atoms with E-state index in [1.165, 1.54) is 6.07 Å². The Morgan fingerprint density at radius 3 is 2.76 bits per heavy atom. The van der Waals surface area contributed by atoms with Crippen molar-refractivity contribution in [2.75, 3.05) is 11.5 Å². The van der Waals surface area contributed by atoms with Crippen LogP contribution in [-0.4, -0.2) is 21.8 Å². The summed E-state index contributed by atoms with van der Waals surface area (Å²) in [6.07, 6.45) is 1.78. The summed E-state index contributed by atoms with van der Waals surface area (Å²) in [5.74, 6) is 1.20. The van der Waals surface area contributed by atoms with Gasteiger partial charge in [-0.05, 0) is 25.0 Å². The predicted octanol–water partition coefficient (Wildman–Crippen LogP) is 2.48. The lowest BCUT2D eigenvalue weighted by Gasteiger charge is -2.22. The zero-order chi connectivity index (χ0) is 12.3. The van der Waals surface area contributed by atoms with E-state index >= 15 is 0 Å². The Morgan fingerprint density at radius 2 is 2.12 bits per heavy atom. The minimum absolute atomic E-state index is 0.274. The van der Waals surface area contributed by atoms with E-state index in [0.717, 1.165) is 24.3 Å². The molecule has 0 bridgehead atoms. The molecule has 1 fully saturated rings. The second-order valence-corrected chi connectivity index (χ2v) is 6.31. The molecular weight excluding hydrogens is 261 g/mol. The van der Waals surface area contributed by atoms with Crippen LogP contribution in [0.15, 0.2) is 18.2 Å². The van der Waals surface area contributed by atoms with Crippen LogP contribution in [-0.2, 0) is 17.3 Å². The van der Waals surface area contributed by atoms with Crippen LogP contribution in [0.4, 0.5) is 4.39 Å². The fourth-order valence-electron chi connectivity index (χ4n) is 1.95. The van der Waals surface area contributed by atoms with Crippen molar-refractivity contribution in [1.82, 2.24) is 5.32 Å². The highest BCUT2D eigenvalue weighted by atomic mass is 35.5. The largest absolute Gasteiger partial charge is 0.310 e. The molecule has 17 heavy (non-hydrogen) atoms. The van der Waals surface area contributed by atoms with Crippen molar-refractivity contribution < 1.29 is 8.60 Å². The van der Waals surface area contributed by atoms with Gasteiger partial charge in [0.05, 0.1) is 0 Å². The zero-order valence-electron chi connectivity index (χ0n) is 9.42. The molecule has 1 aliphatic heterocycles. The van der Waals surface area contributed by atoms with Gasteiger partial charge in [0.25, 0.3) is 0 Å². The first kappa shape index (κ1) is 13.0. The third kappa shape index (κ3) is 3.50. The van der Waals surface area contributed by atoms with E-state index in [0.29, 0.717) is 23.2 Å². The fraction of sp³-hybridized carbons (Fsp3) is 0.500. The first-order valence-electron chi connectivity index (χ1n) is 5.68. The molecule has 1 aromatic rings. The van der Waals surface area contributed by atoms with Gasteiger partial charge in [0.15, 0.2) is 0 Å². The van der Waals surface area contributed by atoms with E-state index in [4.69, 9.17) is 11.6 Å². The first-order valence-corrected chi connectivity index (χ1v) is 7.54. The van der Waals surface area contributed by atoms with Gasteiger partial charge in [-0.15, -0.1) is 0 Å². The van der Waals surface area contributed by atoms with Crippen molar-refractivity contribution in [3.05, 3.63) is 34.6 Å². The maximum atomic E-state index is 13.5. The lowest BCUT2D eigenvalue weighted by Crippen LogP contribution is -2.35. The molecule has 0 aromatic heterocycles.